The number of phenolic OH excluding ortho intramolecular Hbond substituents is 1. The average molecular weight is 319 g/mol. The lowest BCUT2D eigenvalue weighted by Crippen LogP contribution is -2.17. The summed E-state index contributed by atoms with van der Waals surface area (Å²) in [5, 5.41) is 13.9. The van der Waals surface area contributed by atoms with Crippen molar-refractivity contribution < 1.29 is 14.6 Å². The van der Waals surface area contributed by atoms with E-state index in [1.807, 2.05) is 6.92 Å². The van der Waals surface area contributed by atoms with Crippen molar-refractivity contribution in [2.45, 2.75) is 6.92 Å². The van der Waals surface area contributed by atoms with Crippen molar-refractivity contribution in [3.63, 3.8) is 0 Å². The number of carbonyl (C=O) groups excluding carboxylic acids is 1. The van der Waals surface area contributed by atoms with Gasteiger partial charge in [0.1, 0.15) is 11.5 Å². The van der Waals surface area contributed by atoms with E-state index in [-0.39, 0.29) is 11.3 Å². The second kappa shape index (κ2) is 7.47. The third-order valence-corrected chi connectivity index (χ3v) is 3.08. The van der Waals surface area contributed by atoms with E-state index in [4.69, 9.17) is 16.3 Å². The number of hydrogen-bond donors (Lipinski definition) is 2. The van der Waals surface area contributed by atoms with Gasteiger partial charge in [0.2, 0.25) is 0 Å². The summed E-state index contributed by atoms with van der Waals surface area (Å²) < 4.78 is 5.33. The fraction of sp³-hybridized carbons (Fsp3) is 0.125. The van der Waals surface area contributed by atoms with Crippen LogP contribution in [0.3, 0.4) is 0 Å². The number of hydrogen-bond acceptors (Lipinski definition) is 4. The van der Waals surface area contributed by atoms with Crippen molar-refractivity contribution in [2.24, 2.45) is 5.10 Å². The minimum atomic E-state index is -0.494. The molecule has 114 valence electrons. The maximum absolute atomic E-state index is 11.8. The fourth-order valence-electron chi connectivity index (χ4n) is 1.76. The van der Waals surface area contributed by atoms with Gasteiger partial charge < -0.3 is 9.84 Å². The maximum Gasteiger partial charge on any atom is 0.275 e. The number of amides is 1. The van der Waals surface area contributed by atoms with Crippen molar-refractivity contribution in [3.8, 4) is 11.5 Å². The Morgan fingerprint density at radius 3 is 2.82 bits per heavy atom. The first-order valence-corrected chi connectivity index (χ1v) is 7.03. The summed E-state index contributed by atoms with van der Waals surface area (Å²) in [5.74, 6) is 0.00487. The third kappa shape index (κ3) is 3.99. The van der Waals surface area contributed by atoms with Gasteiger partial charge in [-0.3, -0.25) is 4.79 Å². The molecule has 6 heteroatoms. The van der Waals surface area contributed by atoms with Crippen LogP contribution in [-0.2, 0) is 0 Å². The van der Waals surface area contributed by atoms with Crippen LogP contribution in [0.5, 0.6) is 11.5 Å². The summed E-state index contributed by atoms with van der Waals surface area (Å²) in [6, 6.07) is 11.4. The Balaban J connectivity index is 2.02. The van der Waals surface area contributed by atoms with Crippen LogP contribution in [0.1, 0.15) is 22.8 Å². The summed E-state index contributed by atoms with van der Waals surface area (Å²) >= 11 is 6.06. The van der Waals surface area contributed by atoms with E-state index in [1.54, 1.807) is 30.3 Å². The van der Waals surface area contributed by atoms with Gasteiger partial charge in [0.05, 0.1) is 23.4 Å². The van der Waals surface area contributed by atoms with Gasteiger partial charge in [-0.25, -0.2) is 5.43 Å². The molecule has 5 nitrogen and oxygen atoms in total. The lowest BCUT2D eigenvalue weighted by atomic mass is 10.2. The van der Waals surface area contributed by atoms with Crippen molar-refractivity contribution in [1.82, 2.24) is 5.43 Å². The van der Waals surface area contributed by atoms with Crippen molar-refractivity contribution in [3.05, 3.63) is 58.6 Å². The van der Waals surface area contributed by atoms with Gasteiger partial charge in [-0.05, 0) is 42.8 Å². The first-order valence-electron chi connectivity index (χ1n) is 6.65. The van der Waals surface area contributed by atoms with E-state index >= 15 is 0 Å². The van der Waals surface area contributed by atoms with Gasteiger partial charge in [-0.2, -0.15) is 5.10 Å². The van der Waals surface area contributed by atoms with E-state index < -0.39 is 5.91 Å². The zero-order chi connectivity index (χ0) is 15.9. The van der Waals surface area contributed by atoms with E-state index in [2.05, 4.69) is 10.5 Å². The molecule has 0 aromatic heterocycles. The van der Waals surface area contributed by atoms with Crippen molar-refractivity contribution in [2.75, 3.05) is 6.61 Å². The SMILES string of the molecule is CCOc1ccc(/C=N\NC(=O)c2ccccc2O)cc1Cl. The highest BCUT2D eigenvalue weighted by molar-refractivity contribution is 6.32. The average Bonchev–Trinajstić information content (AvgIpc) is 2.50. The number of rotatable bonds is 5. The lowest BCUT2D eigenvalue weighted by molar-refractivity contribution is 0.0952. The summed E-state index contributed by atoms with van der Waals surface area (Å²) in [6.45, 7) is 2.41. The molecular weight excluding hydrogens is 304 g/mol. The topological polar surface area (TPSA) is 70.9 Å². The minimum Gasteiger partial charge on any atom is -0.507 e. The predicted octanol–water partition coefficient (Wildman–Crippen LogP) is 3.21. The molecule has 0 unspecified atom stereocenters. The molecule has 2 aromatic rings. The zero-order valence-corrected chi connectivity index (χ0v) is 12.7. The molecule has 2 rings (SSSR count). The van der Waals surface area contributed by atoms with Crippen LogP contribution in [0.15, 0.2) is 47.6 Å². The molecule has 0 saturated heterocycles. The molecule has 0 fully saturated rings. The molecule has 1 amide bonds. The smallest absolute Gasteiger partial charge is 0.275 e. The van der Waals surface area contributed by atoms with Gasteiger partial charge in [0.15, 0.2) is 0 Å². The molecule has 0 aliphatic rings. The number of hydrazone groups is 1. The van der Waals surface area contributed by atoms with Crippen molar-refractivity contribution in [1.29, 1.82) is 0 Å². The van der Waals surface area contributed by atoms with Gasteiger partial charge in [-0.1, -0.05) is 23.7 Å². The Kier molecular flexibility index (Phi) is 5.38. The normalized spacial score (nSPS) is 10.6. The highest BCUT2D eigenvalue weighted by Gasteiger charge is 2.08. The highest BCUT2D eigenvalue weighted by Crippen LogP contribution is 2.24. The second-order valence-corrected chi connectivity index (χ2v) is 4.75. The Hall–Kier alpha value is -2.53. The number of phenols is 1. The van der Waals surface area contributed by atoms with Crippen LogP contribution in [-0.4, -0.2) is 23.8 Å². The number of halogens is 1. The van der Waals surface area contributed by atoms with E-state index in [1.165, 1.54) is 18.3 Å². The fourth-order valence-corrected chi connectivity index (χ4v) is 2.00. The number of ether oxygens (including phenoxy) is 1. The molecular formula is C16H15ClN2O3. The van der Waals surface area contributed by atoms with Crippen LogP contribution >= 0.6 is 11.6 Å². The van der Waals surface area contributed by atoms with Crippen molar-refractivity contribution >= 4 is 23.7 Å². The molecule has 2 aromatic carbocycles. The van der Waals surface area contributed by atoms with E-state index in [9.17, 15) is 9.90 Å². The van der Waals surface area contributed by atoms with Gasteiger partial charge in [0, 0.05) is 0 Å². The van der Waals surface area contributed by atoms with Gasteiger partial charge >= 0.3 is 0 Å². The standard InChI is InChI=1S/C16H15ClN2O3/c1-2-22-15-8-7-11(9-13(15)17)10-18-19-16(21)12-5-3-4-6-14(12)20/h3-10,20H,2H2,1H3,(H,19,21)/b18-10-. The molecule has 2 N–H and O–H groups in total. The predicted molar refractivity (Wildman–Crippen MR) is 85.8 cm³/mol. The summed E-state index contributed by atoms with van der Waals surface area (Å²) in [6.07, 6.45) is 1.46. The monoisotopic (exact) mass is 318 g/mol. The molecule has 0 radical (unpaired) electrons. The first-order chi connectivity index (χ1) is 10.6. The van der Waals surface area contributed by atoms with Crippen LogP contribution < -0.4 is 10.2 Å². The second-order valence-electron chi connectivity index (χ2n) is 4.34. The molecule has 0 heterocycles. The zero-order valence-electron chi connectivity index (χ0n) is 11.9. The van der Waals surface area contributed by atoms with Crippen LogP contribution in [0.4, 0.5) is 0 Å². The molecule has 0 saturated carbocycles. The van der Waals surface area contributed by atoms with Gasteiger partial charge in [-0.15, -0.1) is 0 Å². The summed E-state index contributed by atoms with van der Waals surface area (Å²) in [5.41, 5.74) is 3.21. The quantitative estimate of drug-likeness (QED) is 0.657. The Morgan fingerprint density at radius 1 is 1.36 bits per heavy atom. The number of benzene rings is 2. The van der Waals surface area contributed by atoms with Crippen LogP contribution in [0.2, 0.25) is 5.02 Å². The Morgan fingerprint density at radius 2 is 2.14 bits per heavy atom. The molecule has 0 aliphatic carbocycles. The summed E-state index contributed by atoms with van der Waals surface area (Å²) in [4.78, 5) is 11.8. The Labute approximate surface area is 133 Å². The van der Waals surface area contributed by atoms with Crippen LogP contribution in [0.25, 0.3) is 0 Å². The maximum atomic E-state index is 11.8. The highest BCUT2D eigenvalue weighted by atomic mass is 35.5. The third-order valence-electron chi connectivity index (χ3n) is 2.78. The van der Waals surface area contributed by atoms with Crippen LogP contribution in [0, 0.1) is 0 Å². The number of carbonyl (C=O) groups is 1. The number of nitrogens with zero attached hydrogens (tertiary/aromatic N) is 1. The largest absolute Gasteiger partial charge is 0.507 e. The molecule has 22 heavy (non-hydrogen) atoms. The molecule has 0 atom stereocenters. The van der Waals surface area contributed by atoms with E-state index in [0.717, 1.165) is 0 Å². The summed E-state index contributed by atoms with van der Waals surface area (Å²) in [7, 11) is 0. The molecule has 0 aliphatic heterocycles. The first kappa shape index (κ1) is 15.9. The Bertz CT molecular complexity index is 702. The minimum absolute atomic E-state index is 0.0979. The number of nitrogens with one attached hydrogen (secondary N) is 1. The van der Waals surface area contributed by atoms with E-state index in [0.29, 0.717) is 22.9 Å². The molecule has 0 spiro atoms. The molecule has 0 bridgehead atoms. The number of aromatic hydroxyl groups is 1. The van der Waals surface area contributed by atoms with Gasteiger partial charge in [0.25, 0.3) is 5.91 Å². The lowest BCUT2D eigenvalue weighted by Gasteiger charge is -2.05. The number of para-hydroxylation sites is 1.